The molecule has 0 N–H and O–H groups in total. The first-order valence-corrected chi connectivity index (χ1v) is 6.13. The van der Waals surface area contributed by atoms with E-state index in [0.29, 0.717) is 11.5 Å². The fourth-order valence-corrected chi connectivity index (χ4v) is 2.15. The van der Waals surface area contributed by atoms with Crippen LogP contribution in [0, 0.1) is 0 Å². The van der Waals surface area contributed by atoms with Gasteiger partial charge in [-0.2, -0.15) is 0 Å². The third kappa shape index (κ3) is 2.28. The molecule has 1 aliphatic rings. The van der Waals surface area contributed by atoms with Gasteiger partial charge in [0.25, 0.3) is 0 Å². The average Bonchev–Trinajstić information content (AvgIpc) is 3.20. The molecule has 2 atom stereocenters. The van der Waals surface area contributed by atoms with Gasteiger partial charge in [-0.1, -0.05) is 30.3 Å². The van der Waals surface area contributed by atoms with E-state index in [-0.39, 0.29) is 6.10 Å². The van der Waals surface area contributed by atoms with Crippen molar-refractivity contribution in [2.75, 3.05) is 0 Å². The van der Waals surface area contributed by atoms with Gasteiger partial charge < -0.3 is 4.74 Å². The molecule has 3 rings (SSSR count). The first kappa shape index (κ1) is 11.0. The Bertz CT molecular complexity index is 531. The maximum atomic E-state index is 10.5. The highest BCUT2D eigenvalue weighted by Crippen LogP contribution is 2.43. The molecule has 1 saturated carbocycles. The highest BCUT2D eigenvalue weighted by atomic mass is 16.5. The second kappa shape index (κ2) is 4.65. The SMILES string of the molecule is O=Cc1ccc(O[C@@H]2C[C@H]2c2ccccc2)cc1. The second-order valence-corrected chi connectivity index (χ2v) is 4.60. The molecule has 2 nitrogen and oxygen atoms in total. The van der Waals surface area contributed by atoms with Gasteiger partial charge in [0.2, 0.25) is 0 Å². The van der Waals surface area contributed by atoms with Gasteiger partial charge >= 0.3 is 0 Å². The predicted octanol–water partition coefficient (Wildman–Crippen LogP) is 3.43. The van der Waals surface area contributed by atoms with Gasteiger partial charge in [0.05, 0.1) is 0 Å². The molecule has 2 aromatic carbocycles. The summed E-state index contributed by atoms with van der Waals surface area (Å²) in [4.78, 5) is 10.5. The number of rotatable bonds is 4. The molecular weight excluding hydrogens is 224 g/mol. The third-order valence-electron chi connectivity index (χ3n) is 3.26. The number of hydrogen-bond acceptors (Lipinski definition) is 2. The topological polar surface area (TPSA) is 26.3 Å². The zero-order chi connectivity index (χ0) is 12.4. The van der Waals surface area contributed by atoms with Gasteiger partial charge in [-0.05, 0) is 36.2 Å². The largest absolute Gasteiger partial charge is 0.490 e. The quantitative estimate of drug-likeness (QED) is 0.763. The third-order valence-corrected chi connectivity index (χ3v) is 3.26. The predicted molar refractivity (Wildman–Crippen MR) is 70.0 cm³/mol. The van der Waals surface area contributed by atoms with Crippen LogP contribution in [0.25, 0.3) is 0 Å². The number of carbonyl (C=O) groups is 1. The normalized spacial score (nSPS) is 21.3. The zero-order valence-electron chi connectivity index (χ0n) is 9.95. The van der Waals surface area contributed by atoms with Crippen LogP contribution in [0.15, 0.2) is 54.6 Å². The van der Waals surface area contributed by atoms with Crippen molar-refractivity contribution in [2.24, 2.45) is 0 Å². The molecule has 1 aliphatic carbocycles. The van der Waals surface area contributed by atoms with E-state index in [1.807, 2.05) is 18.2 Å². The summed E-state index contributed by atoms with van der Waals surface area (Å²) in [6.45, 7) is 0. The van der Waals surface area contributed by atoms with Crippen molar-refractivity contribution in [2.45, 2.75) is 18.4 Å². The van der Waals surface area contributed by atoms with Crippen LogP contribution in [-0.2, 0) is 0 Å². The molecule has 0 unspecified atom stereocenters. The van der Waals surface area contributed by atoms with Crippen molar-refractivity contribution in [3.8, 4) is 5.75 Å². The molecule has 0 saturated heterocycles. The summed E-state index contributed by atoms with van der Waals surface area (Å²) in [5, 5.41) is 0. The lowest BCUT2D eigenvalue weighted by Gasteiger charge is -2.05. The van der Waals surface area contributed by atoms with Crippen molar-refractivity contribution in [3.05, 3.63) is 65.7 Å². The first-order valence-electron chi connectivity index (χ1n) is 6.13. The Kier molecular flexibility index (Phi) is 2.85. The highest BCUT2D eigenvalue weighted by molar-refractivity contribution is 5.74. The summed E-state index contributed by atoms with van der Waals surface area (Å²) in [6.07, 6.45) is 2.18. The van der Waals surface area contributed by atoms with E-state index < -0.39 is 0 Å². The number of hydrogen-bond donors (Lipinski definition) is 0. The molecule has 18 heavy (non-hydrogen) atoms. The molecule has 0 amide bonds. The summed E-state index contributed by atoms with van der Waals surface area (Å²) < 4.78 is 5.88. The van der Waals surface area contributed by atoms with E-state index in [9.17, 15) is 4.79 Å². The number of aldehydes is 1. The standard InChI is InChI=1S/C16H14O2/c17-11-12-6-8-14(9-7-12)18-16-10-15(16)13-4-2-1-3-5-13/h1-9,11,15-16H,10H2/t15-,16+/m0/s1. The minimum atomic E-state index is 0.273. The molecule has 0 spiro atoms. The lowest BCUT2D eigenvalue weighted by Crippen LogP contribution is -1.99. The lowest BCUT2D eigenvalue weighted by atomic mass is 10.1. The van der Waals surface area contributed by atoms with Gasteiger partial charge in [0, 0.05) is 11.5 Å². The first-order chi connectivity index (χ1) is 8.86. The van der Waals surface area contributed by atoms with Gasteiger partial charge in [0.1, 0.15) is 18.1 Å². The molecule has 0 heterocycles. The zero-order valence-corrected chi connectivity index (χ0v) is 9.95. The summed E-state index contributed by atoms with van der Waals surface area (Å²) >= 11 is 0. The van der Waals surface area contributed by atoms with E-state index >= 15 is 0 Å². The van der Waals surface area contributed by atoms with Crippen molar-refractivity contribution >= 4 is 6.29 Å². The summed E-state index contributed by atoms with van der Waals surface area (Å²) in [5.41, 5.74) is 2.02. The second-order valence-electron chi connectivity index (χ2n) is 4.60. The van der Waals surface area contributed by atoms with Crippen molar-refractivity contribution in [3.63, 3.8) is 0 Å². The molecule has 1 fully saturated rings. The molecule has 0 bridgehead atoms. The molecule has 2 aromatic rings. The van der Waals surface area contributed by atoms with E-state index in [2.05, 4.69) is 24.3 Å². The maximum absolute atomic E-state index is 10.5. The van der Waals surface area contributed by atoms with Crippen LogP contribution in [-0.4, -0.2) is 12.4 Å². The van der Waals surface area contributed by atoms with Crippen LogP contribution in [0.2, 0.25) is 0 Å². The van der Waals surface area contributed by atoms with E-state index in [0.717, 1.165) is 18.5 Å². The Morgan fingerprint density at radius 3 is 2.39 bits per heavy atom. The van der Waals surface area contributed by atoms with E-state index in [1.54, 1.807) is 12.1 Å². The average molecular weight is 238 g/mol. The van der Waals surface area contributed by atoms with Crippen LogP contribution in [0.4, 0.5) is 0 Å². The Balaban J connectivity index is 1.63. The lowest BCUT2D eigenvalue weighted by molar-refractivity contribution is 0.112. The van der Waals surface area contributed by atoms with Crippen molar-refractivity contribution in [1.29, 1.82) is 0 Å². The Morgan fingerprint density at radius 2 is 1.72 bits per heavy atom. The van der Waals surface area contributed by atoms with Crippen molar-refractivity contribution in [1.82, 2.24) is 0 Å². The minimum absolute atomic E-state index is 0.273. The maximum Gasteiger partial charge on any atom is 0.150 e. The van der Waals surface area contributed by atoms with Gasteiger partial charge in [0.15, 0.2) is 0 Å². The fraction of sp³-hybridized carbons (Fsp3) is 0.188. The number of benzene rings is 2. The molecule has 0 aliphatic heterocycles. The smallest absolute Gasteiger partial charge is 0.150 e. The molecule has 2 heteroatoms. The minimum Gasteiger partial charge on any atom is -0.490 e. The summed E-state index contributed by atoms with van der Waals surface area (Å²) in [5.74, 6) is 1.35. The molecule has 0 aromatic heterocycles. The number of carbonyl (C=O) groups excluding carboxylic acids is 1. The van der Waals surface area contributed by atoms with Crippen molar-refractivity contribution < 1.29 is 9.53 Å². The Morgan fingerprint density at radius 1 is 1.00 bits per heavy atom. The van der Waals surface area contributed by atoms with Gasteiger partial charge in [-0.25, -0.2) is 0 Å². The van der Waals surface area contributed by atoms with Crippen LogP contribution >= 0.6 is 0 Å². The van der Waals surface area contributed by atoms with Crippen LogP contribution in [0.5, 0.6) is 5.75 Å². The fourth-order valence-electron chi connectivity index (χ4n) is 2.15. The summed E-state index contributed by atoms with van der Waals surface area (Å²) in [6, 6.07) is 17.7. The van der Waals surface area contributed by atoms with Crippen LogP contribution < -0.4 is 4.74 Å². The monoisotopic (exact) mass is 238 g/mol. The molecule has 0 radical (unpaired) electrons. The summed E-state index contributed by atoms with van der Waals surface area (Å²) in [7, 11) is 0. The van der Waals surface area contributed by atoms with E-state index in [1.165, 1.54) is 5.56 Å². The molecule has 90 valence electrons. The van der Waals surface area contributed by atoms with Crippen LogP contribution in [0.1, 0.15) is 28.3 Å². The Hall–Kier alpha value is -2.09. The Labute approximate surface area is 106 Å². The van der Waals surface area contributed by atoms with Crippen LogP contribution in [0.3, 0.4) is 0 Å². The number of ether oxygens (including phenoxy) is 1. The molecular formula is C16H14O2. The van der Waals surface area contributed by atoms with Gasteiger partial charge in [-0.3, -0.25) is 4.79 Å². The van der Waals surface area contributed by atoms with Gasteiger partial charge in [-0.15, -0.1) is 0 Å². The van der Waals surface area contributed by atoms with E-state index in [4.69, 9.17) is 4.74 Å². The highest BCUT2D eigenvalue weighted by Gasteiger charge is 2.40.